The predicted octanol–water partition coefficient (Wildman–Crippen LogP) is 2.00. The van der Waals surface area contributed by atoms with Gasteiger partial charge in [0, 0.05) is 36.7 Å². The van der Waals surface area contributed by atoms with E-state index in [2.05, 4.69) is 5.32 Å². The molecule has 0 radical (unpaired) electrons. The van der Waals surface area contributed by atoms with E-state index in [0.717, 1.165) is 0 Å². The topological polar surface area (TPSA) is 101 Å². The maximum Gasteiger partial charge on any atom is 0.273 e. The van der Waals surface area contributed by atoms with Crippen LogP contribution in [0.3, 0.4) is 0 Å². The second-order valence-corrected chi connectivity index (χ2v) is 5.06. The Morgan fingerprint density at radius 1 is 1.44 bits per heavy atom. The zero-order chi connectivity index (χ0) is 13.8. The minimum absolute atomic E-state index is 0.0301. The molecule has 6 nitrogen and oxygen atoms in total. The Labute approximate surface area is 106 Å². The molecule has 0 unspecified atom stereocenters. The van der Waals surface area contributed by atoms with Crippen molar-refractivity contribution in [2.75, 3.05) is 24.2 Å². The number of nitrogens with zero attached hydrogens (tertiary/aromatic N) is 1. The normalized spacial score (nSPS) is 11.3. The molecule has 6 heteroatoms. The van der Waals surface area contributed by atoms with Crippen molar-refractivity contribution in [2.45, 2.75) is 20.3 Å². The van der Waals surface area contributed by atoms with Gasteiger partial charge in [-0.25, -0.2) is 0 Å². The predicted molar refractivity (Wildman–Crippen MR) is 71.5 cm³/mol. The number of hydrogen-bond acceptors (Lipinski definition) is 5. The fourth-order valence-corrected chi connectivity index (χ4v) is 1.57. The molecule has 100 valence electrons. The molecule has 1 aromatic rings. The van der Waals surface area contributed by atoms with Gasteiger partial charge in [0.1, 0.15) is 0 Å². The lowest BCUT2D eigenvalue weighted by Gasteiger charge is -2.24. The van der Waals surface area contributed by atoms with Gasteiger partial charge >= 0.3 is 0 Å². The van der Waals surface area contributed by atoms with Gasteiger partial charge in [0.05, 0.1) is 4.92 Å². The van der Waals surface area contributed by atoms with E-state index in [0.29, 0.717) is 24.3 Å². The van der Waals surface area contributed by atoms with Crippen LogP contribution in [-0.2, 0) is 0 Å². The SMILES string of the molecule is CC(C)(CCO)CNc1cc(N)cc([N+](=O)[O-])c1. The van der Waals surface area contributed by atoms with Gasteiger partial charge in [0.15, 0.2) is 0 Å². The Bertz CT molecular complexity index is 433. The van der Waals surface area contributed by atoms with Crippen molar-refractivity contribution in [3.63, 3.8) is 0 Å². The summed E-state index contributed by atoms with van der Waals surface area (Å²) in [7, 11) is 0. The standard InChI is InChI=1S/C12H19N3O3/c1-12(2,3-4-16)8-14-10-5-9(13)6-11(7-10)15(17)18/h5-7,14,16H,3-4,8,13H2,1-2H3. The fraction of sp³-hybridized carbons (Fsp3) is 0.500. The van der Waals surface area contributed by atoms with Crippen LogP contribution in [0.5, 0.6) is 0 Å². The first-order valence-corrected chi connectivity index (χ1v) is 5.74. The van der Waals surface area contributed by atoms with E-state index in [4.69, 9.17) is 10.8 Å². The van der Waals surface area contributed by atoms with Gasteiger partial charge in [0.25, 0.3) is 5.69 Å². The number of nitrogen functional groups attached to an aromatic ring is 1. The molecule has 0 aliphatic carbocycles. The first-order valence-electron chi connectivity index (χ1n) is 5.74. The fourth-order valence-electron chi connectivity index (χ4n) is 1.57. The molecule has 0 bridgehead atoms. The average molecular weight is 253 g/mol. The largest absolute Gasteiger partial charge is 0.398 e. The van der Waals surface area contributed by atoms with Gasteiger partial charge in [-0.3, -0.25) is 10.1 Å². The Hall–Kier alpha value is -1.82. The Balaban J connectivity index is 2.76. The summed E-state index contributed by atoms with van der Waals surface area (Å²) in [6.07, 6.45) is 0.657. The molecule has 0 fully saturated rings. The number of benzene rings is 1. The van der Waals surface area contributed by atoms with Crippen molar-refractivity contribution in [1.29, 1.82) is 0 Å². The molecule has 0 heterocycles. The van der Waals surface area contributed by atoms with Crippen LogP contribution in [0.15, 0.2) is 18.2 Å². The highest BCUT2D eigenvalue weighted by Crippen LogP contribution is 2.25. The van der Waals surface area contributed by atoms with Gasteiger partial charge in [-0.15, -0.1) is 0 Å². The molecule has 0 aliphatic rings. The third-order valence-corrected chi connectivity index (χ3v) is 2.71. The Kier molecular flexibility index (Phi) is 4.49. The zero-order valence-electron chi connectivity index (χ0n) is 10.6. The molecule has 0 spiro atoms. The average Bonchev–Trinajstić information content (AvgIpc) is 2.26. The second kappa shape index (κ2) is 5.68. The molecule has 0 aliphatic heterocycles. The lowest BCUT2D eigenvalue weighted by atomic mass is 9.89. The van der Waals surface area contributed by atoms with Crippen molar-refractivity contribution in [1.82, 2.24) is 0 Å². The number of nitro benzene ring substituents is 1. The monoisotopic (exact) mass is 253 g/mol. The molecular weight excluding hydrogens is 234 g/mol. The summed E-state index contributed by atoms with van der Waals surface area (Å²) in [5.74, 6) is 0. The van der Waals surface area contributed by atoms with E-state index >= 15 is 0 Å². The summed E-state index contributed by atoms with van der Waals surface area (Å²) in [5.41, 5.74) is 6.46. The van der Waals surface area contributed by atoms with E-state index in [9.17, 15) is 10.1 Å². The number of nitrogens with one attached hydrogen (secondary N) is 1. The van der Waals surface area contributed by atoms with Crippen molar-refractivity contribution >= 4 is 17.1 Å². The first kappa shape index (κ1) is 14.2. The van der Waals surface area contributed by atoms with Crippen molar-refractivity contribution in [2.24, 2.45) is 5.41 Å². The maximum atomic E-state index is 10.7. The second-order valence-electron chi connectivity index (χ2n) is 5.06. The molecule has 1 aromatic carbocycles. The van der Waals surface area contributed by atoms with Gasteiger partial charge in [-0.1, -0.05) is 13.8 Å². The van der Waals surface area contributed by atoms with Crippen LogP contribution in [0.1, 0.15) is 20.3 Å². The molecule has 0 atom stereocenters. The number of hydrogen-bond donors (Lipinski definition) is 3. The maximum absolute atomic E-state index is 10.7. The van der Waals surface area contributed by atoms with Crippen LogP contribution >= 0.6 is 0 Å². The number of anilines is 2. The van der Waals surface area contributed by atoms with E-state index in [1.165, 1.54) is 12.1 Å². The van der Waals surface area contributed by atoms with Crippen molar-refractivity contribution < 1.29 is 10.0 Å². The quantitative estimate of drug-likeness (QED) is 0.409. The summed E-state index contributed by atoms with van der Waals surface area (Å²) >= 11 is 0. The molecule has 0 saturated carbocycles. The Morgan fingerprint density at radius 3 is 2.67 bits per heavy atom. The number of aliphatic hydroxyl groups is 1. The van der Waals surface area contributed by atoms with Crippen molar-refractivity contribution in [3.05, 3.63) is 28.3 Å². The lowest BCUT2D eigenvalue weighted by Crippen LogP contribution is -2.24. The van der Waals surface area contributed by atoms with Crippen LogP contribution in [-0.4, -0.2) is 23.2 Å². The Morgan fingerprint density at radius 2 is 2.11 bits per heavy atom. The highest BCUT2D eigenvalue weighted by atomic mass is 16.6. The van der Waals surface area contributed by atoms with Gasteiger partial charge in [0.2, 0.25) is 0 Å². The smallest absolute Gasteiger partial charge is 0.273 e. The van der Waals surface area contributed by atoms with Crippen LogP contribution in [0, 0.1) is 15.5 Å². The van der Waals surface area contributed by atoms with Crippen molar-refractivity contribution in [3.8, 4) is 0 Å². The van der Waals surface area contributed by atoms with Gasteiger partial charge in [-0.05, 0) is 17.9 Å². The number of rotatable bonds is 6. The summed E-state index contributed by atoms with van der Waals surface area (Å²) in [5, 5.41) is 22.7. The highest BCUT2D eigenvalue weighted by Gasteiger charge is 2.17. The summed E-state index contributed by atoms with van der Waals surface area (Å²) < 4.78 is 0. The van der Waals surface area contributed by atoms with E-state index in [-0.39, 0.29) is 17.7 Å². The van der Waals surface area contributed by atoms with E-state index in [1.807, 2.05) is 13.8 Å². The summed E-state index contributed by atoms with van der Waals surface area (Å²) in [6, 6.07) is 4.43. The highest BCUT2D eigenvalue weighted by molar-refractivity contribution is 5.61. The number of aliphatic hydroxyl groups excluding tert-OH is 1. The van der Waals surface area contributed by atoms with Crippen LogP contribution in [0.25, 0.3) is 0 Å². The summed E-state index contributed by atoms with van der Waals surface area (Å²) in [4.78, 5) is 10.2. The van der Waals surface area contributed by atoms with Gasteiger partial charge < -0.3 is 16.2 Å². The third kappa shape index (κ3) is 4.21. The van der Waals surface area contributed by atoms with E-state index < -0.39 is 4.92 Å². The molecule has 4 N–H and O–H groups in total. The third-order valence-electron chi connectivity index (χ3n) is 2.71. The molecule has 1 rings (SSSR count). The molecule has 0 amide bonds. The number of nitro groups is 1. The van der Waals surface area contributed by atoms with E-state index in [1.54, 1.807) is 6.07 Å². The molecule has 18 heavy (non-hydrogen) atoms. The lowest BCUT2D eigenvalue weighted by molar-refractivity contribution is -0.384. The minimum Gasteiger partial charge on any atom is -0.398 e. The molecule has 0 aromatic heterocycles. The van der Waals surface area contributed by atoms with Crippen LogP contribution in [0.4, 0.5) is 17.1 Å². The molecular formula is C12H19N3O3. The first-order chi connectivity index (χ1) is 8.34. The zero-order valence-corrected chi connectivity index (χ0v) is 10.6. The van der Waals surface area contributed by atoms with Crippen LogP contribution < -0.4 is 11.1 Å². The van der Waals surface area contributed by atoms with Crippen LogP contribution in [0.2, 0.25) is 0 Å². The number of nitrogens with two attached hydrogens (primary N) is 1. The minimum atomic E-state index is -0.472. The molecule has 0 saturated heterocycles. The summed E-state index contributed by atoms with van der Waals surface area (Å²) in [6.45, 7) is 4.74. The number of non-ortho nitro benzene ring substituents is 1. The van der Waals surface area contributed by atoms with Gasteiger partial charge in [-0.2, -0.15) is 0 Å².